The number of primary amides is 1. The number of carbonyl (C=O) groups excluding carboxylic acids is 1. The molecule has 1 amide bonds. The molecule has 7 heteroatoms. The fourth-order valence-corrected chi connectivity index (χ4v) is 1.65. The predicted molar refractivity (Wildman–Crippen MR) is 75.0 cm³/mol. The summed E-state index contributed by atoms with van der Waals surface area (Å²) in [5.41, 5.74) is 11.6. The minimum absolute atomic E-state index is 0.0136. The molecule has 1 aromatic carbocycles. The Morgan fingerprint density at radius 3 is 2.71 bits per heavy atom. The molecule has 4 N–H and O–H groups in total. The van der Waals surface area contributed by atoms with Gasteiger partial charge in [0.05, 0.1) is 30.6 Å². The van der Waals surface area contributed by atoms with Gasteiger partial charge in [-0.2, -0.15) is 5.26 Å². The summed E-state index contributed by atoms with van der Waals surface area (Å²) < 4.78 is 10.7. The molecular formula is C14H12N4O3. The van der Waals surface area contributed by atoms with Gasteiger partial charge in [-0.25, -0.2) is 4.98 Å². The van der Waals surface area contributed by atoms with Gasteiger partial charge in [-0.15, -0.1) is 0 Å². The van der Waals surface area contributed by atoms with E-state index in [1.165, 1.54) is 25.4 Å². The number of nitriles is 1. The van der Waals surface area contributed by atoms with Crippen molar-refractivity contribution in [3.05, 3.63) is 41.6 Å². The quantitative estimate of drug-likeness (QED) is 0.875. The Morgan fingerprint density at radius 2 is 2.10 bits per heavy atom. The van der Waals surface area contributed by atoms with E-state index in [0.717, 1.165) is 0 Å². The van der Waals surface area contributed by atoms with Crippen LogP contribution in [0.1, 0.15) is 15.9 Å². The van der Waals surface area contributed by atoms with Gasteiger partial charge in [0, 0.05) is 6.07 Å². The van der Waals surface area contributed by atoms with Crippen molar-refractivity contribution in [3.63, 3.8) is 0 Å². The molecule has 0 aliphatic carbocycles. The lowest BCUT2D eigenvalue weighted by atomic mass is 10.2. The number of hydrogen-bond acceptors (Lipinski definition) is 6. The van der Waals surface area contributed by atoms with Crippen molar-refractivity contribution < 1.29 is 14.3 Å². The van der Waals surface area contributed by atoms with Crippen LogP contribution in [0.25, 0.3) is 0 Å². The lowest BCUT2D eigenvalue weighted by molar-refractivity contribution is 0.0997. The highest BCUT2D eigenvalue weighted by Gasteiger charge is 2.15. The highest BCUT2D eigenvalue weighted by Crippen LogP contribution is 2.33. The number of benzene rings is 1. The van der Waals surface area contributed by atoms with E-state index in [1.807, 2.05) is 6.07 Å². The van der Waals surface area contributed by atoms with Gasteiger partial charge in [0.2, 0.25) is 5.88 Å². The molecule has 0 radical (unpaired) electrons. The number of methoxy groups -OCH3 is 1. The van der Waals surface area contributed by atoms with Crippen LogP contribution < -0.4 is 20.9 Å². The van der Waals surface area contributed by atoms with Gasteiger partial charge < -0.3 is 20.9 Å². The lowest BCUT2D eigenvalue weighted by Gasteiger charge is -2.11. The summed E-state index contributed by atoms with van der Waals surface area (Å²) in [6.07, 6.45) is 1.35. The maximum absolute atomic E-state index is 11.4. The van der Waals surface area contributed by atoms with Crippen LogP contribution in [0.15, 0.2) is 30.5 Å². The molecule has 106 valence electrons. The van der Waals surface area contributed by atoms with Crippen molar-refractivity contribution in [2.24, 2.45) is 5.73 Å². The molecule has 0 bridgehead atoms. The second kappa shape index (κ2) is 5.79. The summed E-state index contributed by atoms with van der Waals surface area (Å²) in [5.74, 6) is -0.0588. The Hall–Kier alpha value is -3.27. The van der Waals surface area contributed by atoms with Crippen molar-refractivity contribution in [3.8, 4) is 23.4 Å². The van der Waals surface area contributed by atoms with Crippen LogP contribution in [0.3, 0.4) is 0 Å². The minimum atomic E-state index is -0.711. The van der Waals surface area contributed by atoms with Gasteiger partial charge in [-0.05, 0) is 18.2 Å². The summed E-state index contributed by atoms with van der Waals surface area (Å²) in [7, 11) is 1.44. The maximum Gasteiger partial charge on any atom is 0.254 e. The number of ether oxygens (including phenoxy) is 2. The number of hydrogen-bond donors (Lipinski definition) is 2. The van der Waals surface area contributed by atoms with E-state index in [-0.39, 0.29) is 11.4 Å². The summed E-state index contributed by atoms with van der Waals surface area (Å²) in [6.45, 7) is 0. The molecular weight excluding hydrogens is 272 g/mol. The van der Waals surface area contributed by atoms with Gasteiger partial charge in [-0.1, -0.05) is 0 Å². The zero-order valence-electron chi connectivity index (χ0n) is 11.2. The van der Waals surface area contributed by atoms with Crippen LogP contribution in [-0.2, 0) is 0 Å². The molecule has 0 aliphatic heterocycles. The average molecular weight is 284 g/mol. The van der Waals surface area contributed by atoms with Crippen LogP contribution in [0.5, 0.6) is 17.4 Å². The molecule has 0 aliphatic rings. The van der Waals surface area contributed by atoms with Crippen molar-refractivity contribution in [1.82, 2.24) is 4.98 Å². The Morgan fingerprint density at radius 1 is 1.33 bits per heavy atom. The first-order chi connectivity index (χ1) is 10.0. The van der Waals surface area contributed by atoms with Crippen LogP contribution in [0.2, 0.25) is 0 Å². The largest absolute Gasteiger partial charge is 0.493 e. The van der Waals surface area contributed by atoms with Gasteiger partial charge in [0.25, 0.3) is 5.91 Å². The summed E-state index contributed by atoms with van der Waals surface area (Å²) in [4.78, 5) is 15.3. The maximum atomic E-state index is 11.4. The van der Waals surface area contributed by atoms with E-state index in [0.29, 0.717) is 22.7 Å². The van der Waals surface area contributed by atoms with Crippen LogP contribution in [0, 0.1) is 11.3 Å². The number of amides is 1. The molecule has 0 spiro atoms. The molecule has 1 aromatic heterocycles. The van der Waals surface area contributed by atoms with Crippen LogP contribution >= 0.6 is 0 Å². The third-order valence-electron chi connectivity index (χ3n) is 2.64. The van der Waals surface area contributed by atoms with Gasteiger partial charge >= 0.3 is 0 Å². The average Bonchev–Trinajstić information content (AvgIpc) is 2.49. The second-order valence-electron chi connectivity index (χ2n) is 4.07. The van der Waals surface area contributed by atoms with E-state index in [9.17, 15) is 4.79 Å². The van der Waals surface area contributed by atoms with Crippen molar-refractivity contribution >= 4 is 11.6 Å². The molecule has 21 heavy (non-hydrogen) atoms. The molecule has 0 unspecified atom stereocenters. The number of rotatable bonds is 4. The molecule has 0 atom stereocenters. The van der Waals surface area contributed by atoms with Gasteiger partial charge in [0.15, 0.2) is 11.5 Å². The van der Waals surface area contributed by atoms with Crippen LogP contribution in [0.4, 0.5) is 5.69 Å². The first-order valence-corrected chi connectivity index (χ1v) is 5.86. The van der Waals surface area contributed by atoms with Gasteiger partial charge in [-0.3, -0.25) is 4.79 Å². The molecule has 1 heterocycles. The third kappa shape index (κ3) is 3.01. The van der Waals surface area contributed by atoms with Crippen molar-refractivity contribution in [1.29, 1.82) is 5.26 Å². The highest BCUT2D eigenvalue weighted by molar-refractivity contribution is 5.95. The zero-order valence-corrected chi connectivity index (χ0v) is 11.2. The van der Waals surface area contributed by atoms with Crippen LogP contribution in [-0.4, -0.2) is 18.0 Å². The summed E-state index contributed by atoms with van der Waals surface area (Å²) in [6, 6.07) is 7.97. The third-order valence-corrected chi connectivity index (χ3v) is 2.64. The number of nitrogens with zero attached hydrogens (tertiary/aromatic N) is 2. The predicted octanol–water partition coefficient (Wildman–Crippen LogP) is 1.44. The molecule has 7 nitrogen and oxygen atoms in total. The van der Waals surface area contributed by atoms with E-state index >= 15 is 0 Å². The standard InChI is InChI=1S/C14H12N4O3/c1-20-12-4-8(6-15)2-3-11(12)21-14-10(13(17)19)5-9(16)7-18-14/h2-5,7H,16H2,1H3,(H2,17,19). The van der Waals surface area contributed by atoms with E-state index in [4.69, 9.17) is 26.2 Å². The molecule has 0 saturated heterocycles. The van der Waals surface area contributed by atoms with E-state index in [2.05, 4.69) is 4.98 Å². The Labute approximate surface area is 120 Å². The molecule has 0 fully saturated rings. The second-order valence-corrected chi connectivity index (χ2v) is 4.07. The van der Waals surface area contributed by atoms with Gasteiger partial charge in [0.1, 0.15) is 5.56 Å². The SMILES string of the molecule is COc1cc(C#N)ccc1Oc1ncc(N)cc1C(N)=O. The number of pyridine rings is 1. The van der Waals surface area contributed by atoms with Crippen molar-refractivity contribution in [2.75, 3.05) is 12.8 Å². The topological polar surface area (TPSA) is 124 Å². The fraction of sp³-hybridized carbons (Fsp3) is 0.0714. The fourth-order valence-electron chi connectivity index (χ4n) is 1.65. The first-order valence-electron chi connectivity index (χ1n) is 5.86. The lowest BCUT2D eigenvalue weighted by Crippen LogP contribution is -2.13. The Bertz CT molecular complexity index is 737. The Kier molecular flexibility index (Phi) is 3.90. The number of nitrogens with two attached hydrogens (primary N) is 2. The number of nitrogen functional groups attached to an aromatic ring is 1. The molecule has 2 aromatic rings. The number of carbonyl (C=O) groups is 1. The first kappa shape index (κ1) is 14.1. The molecule has 0 saturated carbocycles. The van der Waals surface area contributed by atoms with E-state index < -0.39 is 5.91 Å². The highest BCUT2D eigenvalue weighted by atomic mass is 16.5. The Balaban J connectivity index is 2.43. The minimum Gasteiger partial charge on any atom is -0.493 e. The van der Waals surface area contributed by atoms with E-state index in [1.54, 1.807) is 12.1 Å². The monoisotopic (exact) mass is 284 g/mol. The number of anilines is 1. The zero-order chi connectivity index (χ0) is 15.4. The number of aromatic nitrogens is 1. The van der Waals surface area contributed by atoms with Crippen molar-refractivity contribution in [2.45, 2.75) is 0 Å². The normalized spacial score (nSPS) is 9.71. The smallest absolute Gasteiger partial charge is 0.254 e. The summed E-state index contributed by atoms with van der Waals surface area (Å²) >= 11 is 0. The summed E-state index contributed by atoms with van der Waals surface area (Å²) in [5, 5.41) is 8.85. The molecule has 2 rings (SSSR count).